The third-order valence-corrected chi connectivity index (χ3v) is 4.85. The first-order chi connectivity index (χ1) is 13.4. The van der Waals surface area contributed by atoms with Crippen molar-refractivity contribution in [2.24, 2.45) is 5.41 Å². The number of nitrogens with zero attached hydrogens (tertiary/aromatic N) is 2. The Bertz CT molecular complexity index is 731. The van der Waals surface area contributed by atoms with E-state index >= 15 is 0 Å². The van der Waals surface area contributed by atoms with Gasteiger partial charge in [0, 0.05) is 38.1 Å². The number of rotatable bonds is 5. The highest BCUT2D eigenvalue weighted by Gasteiger charge is 2.47. The van der Waals surface area contributed by atoms with Gasteiger partial charge in [-0.15, -0.1) is 13.2 Å². The largest absolute Gasteiger partial charge is 0.573 e. The second kappa shape index (κ2) is 8.02. The lowest BCUT2D eigenvalue weighted by Crippen LogP contribution is -2.62. The number of carbonyl (C=O) groups excluding carboxylic acids is 1. The molecule has 0 radical (unpaired) electrons. The van der Waals surface area contributed by atoms with Crippen LogP contribution in [0.2, 0.25) is 0 Å². The van der Waals surface area contributed by atoms with Crippen LogP contribution in [0.1, 0.15) is 12.0 Å². The molecule has 1 aromatic carbocycles. The van der Waals surface area contributed by atoms with Crippen molar-refractivity contribution in [2.45, 2.75) is 25.5 Å². The van der Waals surface area contributed by atoms with Crippen LogP contribution in [0.4, 0.5) is 26.3 Å². The van der Waals surface area contributed by atoms with E-state index in [-0.39, 0.29) is 44.5 Å². The third-order valence-electron chi connectivity index (χ3n) is 4.85. The minimum atomic E-state index is -4.82. The Hall–Kier alpha value is -2.01. The average molecular weight is 426 g/mol. The molecule has 2 saturated heterocycles. The number of likely N-dealkylation sites (tertiary alicyclic amines) is 1. The van der Waals surface area contributed by atoms with E-state index in [2.05, 4.69) is 4.74 Å². The van der Waals surface area contributed by atoms with Crippen LogP contribution in [0.25, 0.3) is 0 Å². The smallest absolute Gasteiger partial charge is 0.406 e. The molecule has 162 valence electrons. The van der Waals surface area contributed by atoms with Crippen molar-refractivity contribution in [3.63, 3.8) is 0 Å². The molecule has 1 aromatic rings. The summed E-state index contributed by atoms with van der Waals surface area (Å²) >= 11 is 0. The maximum absolute atomic E-state index is 12.4. The minimum absolute atomic E-state index is 0.0571. The fraction of sp³-hybridized carbons (Fsp3) is 0.611. The predicted octanol–water partition coefficient (Wildman–Crippen LogP) is 3.20. The summed E-state index contributed by atoms with van der Waals surface area (Å²) in [4.78, 5) is 15.5. The van der Waals surface area contributed by atoms with E-state index in [0.29, 0.717) is 18.7 Å². The zero-order chi connectivity index (χ0) is 21.3. The number of hydrogen-bond acceptors (Lipinski definition) is 4. The highest BCUT2D eigenvalue weighted by molar-refractivity contribution is 5.77. The molecule has 11 heteroatoms. The number of carbonyl (C=O) groups is 1. The maximum atomic E-state index is 12.4. The van der Waals surface area contributed by atoms with Gasteiger partial charge in [0.05, 0.1) is 13.0 Å². The summed E-state index contributed by atoms with van der Waals surface area (Å²) in [7, 11) is 0. The van der Waals surface area contributed by atoms with Gasteiger partial charge in [-0.1, -0.05) is 12.1 Å². The van der Waals surface area contributed by atoms with Gasteiger partial charge in [-0.25, -0.2) is 0 Å². The number of ether oxygens (including phenoxy) is 2. The van der Waals surface area contributed by atoms with E-state index in [1.54, 1.807) is 11.0 Å². The van der Waals surface area contributed by atoms with Crippen LogP contribution in [0.5, 0.6) is 5.75 Å². The van der Waals surface area contributed by atoms with Gasteiger partial charge in [-0.3, -0.25) is 4.79 Å². The predicted molar refractivity (Wildman–Crippen MR) is 88.9 cm³/mol. The van der Waals surface area contributed by atoms with Crippen molar-refractivity contribution in [2.75, 3.05) is 39.4 Å². The number of amides is 1. The minimum Gasteiger partial charge on any atom is -0.406 e. The van der Waals surface area contributed by atoms with Crippen LogP contribution in [-0.4, -0.2) is 67.6 Å². The van der Waals surface area contributed by atoms with Gasteiger partial charge in [0.25, 0.3) is 0 Å². The lowest BCUT2D eigenvalue weighted by molar-refractivity contribution is -0.274. The average Bonchev–Trinajstić information content (AvgIpc) is 2.70. The number of hydrogen-bond donors (Lipinski definition) is 0. The van der Waals surface area contributed by atoms with Crippen LogP contribution in [0.15, 0.2) is 24.3 Å². The summed E-state index contributed by atoms with van der Waals surface area (Å²) in [5.41, 5.74) is -0.0249. The van der Waals surface area contributed by atoms with Gasteiger partial charge in [0.2, 0.25) is 5.91 Å². The van der Waals surface area contributed by atoms with Gasteiger partial charge in [-0.05, 0) is 17.7 Å². The topological polar surface area (TPSA) is 42.0 Å². The van der Waals surface area contributed by atoms with Crippen molar-refractivity contribution < 1.29 is 40.6 Å². The molecule has 0 saturated carbocycles. The Morgan fingerprint density at radius 3 is 2.48 bits per heavy atom. The molecule has 0 aliphatic carbocycles. The molecule has 0 N–H and O–H groups in total. The summed E-state index contributed by atoms with van der Waals surface area (Å²) in [5.74, 6) is -0.706. The first-order valence-electron chi connectivity index (χ1n) is 8.92. The Balaban J connectivity index is 1.62. The molecule has 0 atom stereocenters. The normalized spacial score (nSPS) is 20.5. The summed E-state index contributed by atoms with van der Waals surface area (Å²) in [6, 6.07) is 5.34. The zero-order valence-electron chi connectivity index (χ0n) is 15.4. The monoisotopic (exact) mass is 426 g/mol. The molecule has 0 aromatic heterocycles. The maximum Gasteiger partial charge on any atom is 0.573 e. The quantitative estimate of drug-likeness (QED) is 0.679. The van der Waals surface area contributed by atoms with Crippen LogP contribution in [0, 0.1) is 5.41 Å². The second-order valence-corrected chi connectivity index (χ2v) is 7.51. The lowest BCUT2D eigenvalue weighted by atomic mass is 9.80. The highest BCUT2D eigenvalue weighted by Crippen LogP contribution is 2.35. The van der Waals surface area contributed by atoms with E-state index in [9.17, 15) is 31.1 Å². The summed E-state index contributed by atoms with van der Waals surface area (Å²) in [6.45, 7) is 1.00. The fourth-order valence-electron chi connectivity index (χ4n) is 3.73. The first-order valence-corrected chi connectivity index (χ1v) is 8.92. The van der Waals surface area contributed by atoms with E-state index in [0.717, 1.165) is 6.07 Å². The fourth-order valence-corrected chi connectivity index (χ4v) is 3.73. The molecule has 2 aliphatic rings. The van der Waals surface area contributed by atoms with E-state index in [1.165, 1.54) is 17.0 Å². The molecule has 3 rings (SSSR count). The van der Waals surface area contributed by atoms with Gasteiger partial charge >= 0.3 is 12.5 Å². The van der Waals surface area contributed by atoms with E-state index in [1.807, 2.05) is 0 Å². The van der Waals surface area contributed by atoms with E-state index in [4.69, 9.17) is 4.74 Å². The van der Waals surface area contributed by atoms with Gasteiger partial charge in [0.1, 0.15) is 12.4 Å². The van der Waals surface area contributed by atoms with Crippen molar-refractivity contribution in [3.05, 3.63) is 29.8 Å². The van der Waals surface area contributed by atoms with E-state index < -0.39 is 24.4 Å². The van der Waals surface area contributed by atoms with Crippen LogP contribution in [0.3, 0.4) is 0 Å². The molecule has 2 aliphatic heterocycles. The molecule has 2 fully saturated rings. The summed E-state index contributed by atoms with van der Waals surface area (Å²) < 4.78 is 83.6. The molecule has 0 unspecified atom stereocenters. The zero-order valence-corrected chi connectivity index (χ0v) is 15.4. The lowest BCUT2D eigenvalue weighted by Gasteiger charge is -2.50. The van der Waals surface area contributed by atoms with Crippen molar-refractivity contribution in [1.82, 2.24) is 9.80 Å². The number of alkyl halides is 6. The van der Waals surface area contributed by atoms with Gasteiger partial charge in [-0.2, -0.15) is 13.2 Å². The second-order valence-electron chi connectivity index (χ2n) is 7.51. The van der Waals surface area contributed by atoms with Crippen molar-refractivity contribution in [1.29, 1.82) is 0 Å². The first kappa shape index (κ1) is 21.7. The summed E-state index contributed by atoms with van der Waals surface area (Å²) in [5, 5.41) is 0. The molecule has 29 heavy (non-hydrogen) atoms. The number of halogens is 6. The highest BCUT2D eigenvalue weighted by atomic mass is 19.4. The SMILES string of the molecule is O=C1COCC2(CN(CCC(F)(F)F)C2)CN1Cc1cccc(OC(F)(F)F)c1. The van der Waals surface area contributed by atoms with Crippen LogP contribution >= 0.6 is 0 Å². The molecule has 5 nitrogen and oxygen atoms in total. The van der Waals surface area contributed by atoms with Gasteiger partial charge in [0.15, 0.2) is 0 Å². The molecule has 1 spiro atoms. The molecular weight excluding hydrogens is 406 g/mol. The molecule has 0 bridgehead atoms. The standard InChI is InChI=1S/C18H20F6N2O3/c19-17(20,21)4-5-25-9-16(10-25)11-26(15(27)8-28-12-16)7-13-2-1-3-14(6-13)29-18(22,23)24/h1-3,6H,4-5,7-12H2. The molecule has 2 heterocycles. The van der Waals surface area contributed by atoms with Gasteiger partial charge < -0.3 is 19.3 Å². The summed E-state index contributed by atoms with van der Waals surface area (Å²) in [6.07, 6.45) is -9.95. The Labute approximate surface area is 163 Å². The molecular formula is C18H20F6N2O3. The van der Waals surface area contributed by atoms with Crippen molar-refractivity contribution >= 4 is 5.91 Å². The van der Waals surface area contributed by atoms with Crippen LogP contribution in [-0.2, 0) is 16.1 Å². The number of benzene rings is 1. The Kier molecular flexibility index (Phi) is 6.00. The Morgan fingerprint density at radius 1 is 1.10 bits per heavy atom. The third kappa shape index (κ3) is 6.23. The molecule has 1 amide bonds. The Morgan fingerprint density at radius 2 is 1.83 bits per heavy atom. The van der Waals surface area contributed by atoms with Crippen LogP contribution < -0.4 is 4.74 Å². The van der Waals surface area contributed by atoms with Crippen molar-refractivity contribution in [3.8, 4) is 5.75 Å².